The number of hydrogen-bond acceptors (Lipinski definition) is 7. The van der Waals surface area contributed by atoms with Gasteiger partial charge in [0.1, 0.15) is 11.4 Å². The number of anilines is 2. The number of ether oxygens (including phenoxy) is 3. The van der Waals surface area contributed by atoms with Crippen LogP contribution in [-0.2, 0) is 4.74 Å². The number of carbonyl (C=O) groups is 1. The van der Waals surface area contributed by atoms with Gasteiger partial charge in [0, 0.05) is 24.8 Å². The van der Waals surface area contributed by atoms with E-state index in [2.05, 4.69) is 20.3 Å². The van der Waals surface area contributed by atoms with Gasteiger partial charge in [0.15, 0.2) is 0 Å². The molecule has 3 aromatic rings. The molecule has 2 N–H and O–H groups in total. The Kier molecular flexibility index (Phi) is 5.71. The Morgan fingerprint density at radius 2 is 2.10 bits per heavy atom. The van der Waals surface area contributed by atoms with E-state index in [1.54, 1.807) is 30.2 Å². The summed E-state index contributed by atoms with van der Waals surface area (Å²) in [5.74, 6) is 1.37. The zero-order valence-corrected chi connectivity index (χ0v) is 17.3. The van der Waals surface area contributed by atoms with Gasteiger partial charge in [-0.3, -0.25) is 4.79 Å². The molecule has 0 aliphatic carbocycles. The van der Waals surface area contributed by atoms with Crippen LogP contribution in [0.15, 0.2) is 24.4 Å². The third-order valence-electron chi connectivity index (χ3n) is 4.97. The summed E-state index contributed by atoms with van der Waals surface area (Å²) in [6.07, 6.45) is 1.87. The molecule has 0 unspecified atom stereocenters. The van der Waals surface area contributed by atoms with Crippen LogP contribution >= 0.6 is 0 Å². The number of aromatic amines is 1. The predicted octanol–water partition coefficient (Wildman–Crippen LogP) is 2.89. The highest BCUT2D eigenvalue weighted by molar-refractivity contribution is 5.95. The van der Waals surface area contributed by atoms with E-state index in [4.69, 9.17) is 14.2 Å². The summed E-state index contributed by atoms with van der Waals surface area (Å²) in [6.45, 7) is 6.68. The minimum absolute atomic E-state index is 0.0405. The van der Waals surface area contributed by atoms with Gasteiger partial charge in [-0.15, -0.1) is 0 Å². The zero-order valence-electron chi connectivity index (χ0n) is 17.3. The molecule has 2 aromatic heterocycles. The highest BCUT2D eigenvalue weighted by Gasteiger charge is 2.20. The summed E-state index contributed by atoms with van der Waals surface area (Å²) >= 11 is 0. The molecular formula is C21H25N5O4. The van der Waals surface area contributed by atoms with Crippen molar-refractivity contribution >= 4 is 28.6 Å². The molecule has 1 saturated heterocycles. The minimum atomic E-state index is -0.0405. The number of hydrogen-bond donors (Lipinski definition) is 2. The summed E-state index contributed by atoms with van der Waals surface area (Å²) in [5.41, 5.74) is 2.92. The van der Waals surface area contributed by atoms with Crippen LogP contribution in [0.5, 0.6) is 11.6 Å². The van der Waals surface area contributed by atoms with Gasteiger partial charge in [-0.25, -0.2) is 0 Å². The quantitative estimate of drug-likeness (QED) is 0.643. The predicted molar refractivity (Wildman–Crippen MR) is 113 cm³/mol. The molecule has 9 heteroatoms. The smallest absolute Gasteiger partial charge is 0.254 e. The van der Waals surface area contributed by atoms with Gasteiger partial charge in [-0.05, 0) is 37.6 Å². The SMILES string of the molecule is CCOc1nc(Nc2ccc(C(=O)N3CCOCC3)cc2OC)nc2[nH]cc(C)c12. The first-order chi connectivity index (χ1) is 14.6. The molecule has 1 fully saturated rings. The molecule has 30 heavy (non-hydrogen) atoms. The van der Waals surface area contributed by atoms with E-state index in [1.165, 1.54) is 0 Å². The number of benzene rings is 1. The minimum Gasteiger partial charge on any atom is -0.495 e. The molecule has 3 heterocycles. The number of nitrogens with zero attached hydrogens (tertiary/aromatic N) is 3. The zero-order chi connectivity index (χ0) is 21.1. The van der Waals surface area contributed by atoms with E-state index in [-0.39, 0.29) is 5.91 Å². The highest BCUT2D eigenvalue weighted by Crippen LogP contribution is 2.31. The Morgan fingerprint density at radius 3 is 2.83 bits per heavy atom. The molecule has 1 aliphatic heterocycles. The molecule has 9 nitrogen and oxygen atoms in total. The molecule has 0 atom stereocenters. The summed E-state index contributed by atoms with van der Waals surface area (Å²) in [4.78, 5) is 26.7. The van der Waals surface area contributed by atoms with Crippen LogP contribution in [0.4, 0.5) is 11.6 Å². The maximum Gasteiger partial charge on any atom is 0.254 e. The molecular weight excluding hydrogens is 386 g/mol. The summed E-state index contributed by atoms with van der Waals surface area (Å²) in [5, 5.41) is 4.04. The van der Waals surface area contributed by atoms with E-state index >= 15 is 0 Å². The van der Waals surface area contributed by atoms with Crippen LogP contribution in [0.3, 0.4) is 0 Å². The molecule has 0 bridgehead atoms. The number of carbonyl (C=O) groups excluding carboxylic acids is 1. The largest absolute Gasteiger partial charge is 0.495 e. The topological polar surface area (TPSA) is 102 Å². The lowest BCUT2D eigenvalue weighted by atomic mass is 10.1. The van der Waals surface area contributed by atoms with Gasteiger partial charge in [0.25, 0.3) is 5.91 Å². The number of aryl methyl sites for hydroxylation is 1. The number of aromatic nitrogens is 3. The highest BCUT2D eigenvalue weighted by atomic mass is 16.5. The number of methoxy groups -OCH3 is 1. The second kappa shape index (κ2) is 8.58. The maximum atomic E-state index is 12.8. The van der Waals surface area contributed by atoms with Crippen LogP contribution in [0.2, 0.25) is 0 Å². The number of fused-ring (bicyclic) bond motifs is 1. The summed E-state index contributed by atoms with van der Waals surface area (Å²) in [6, 6.07) is 5.28. The van der Waals surface area contributed by atoms with Crippen LogP contribution < -0.4 is 14.8 Å². The Morgan fingerprint density at radius 1 is 1.30 bits per heavy atom. The first kappa shape index (κ1) is 20.0. The molecule has 0 radical (unpaired) electrons. The molecule has 158 valence electrons. The molecule has 0 spiro atoms. The van der Waals surface area contributed by atoms with Crippen molar-refractivity contribution in [2.24, 2.45) is 0 Å². The Bertz CT molecular complexity index is 1060. The number of morpholine rings is 1. The van der Waals surface area contributed by atoms with Crippen molar-refractivity contribution in [3.63, 3.8) is 0 Å². The van der Waals surface area contributed by atoms with Crippen LogP contribution in [-0.4, -0.2) is 65.8 Å². The van der Waals surface area contributed by atoms with Crippen molar-refractivity contribution in [2.45, 2.75) is 13.8 Å². The van der Waals surface area contributed by atoms with Crippen LogP contribution in [0.1, 0.15) is 22.8 Å². The number of nitrogens with one attached hydrogen (secondary N) is 2. The second-order valence-electron chi connectivity index (χ2n) is 6.93. The number of rotatable bonds is 6. The van der Waals surface area contributed by atoms with Gasteiger partial charge < -0.3 is 29.4 Å². The standard InChI is InChI=1S/C21H25N5O4/c1-4-30-19-17-13(2)12-22-18(17)24-21(25-19)23-15-6-5-14(11-16(15)28-3)20(27)26-7-9-29-10-8-26/h5-6,11-12H,4,7-10H2,1-3H3,(H2,22,23,24,25). The third-order valence-corrected chi connectivity index (χ3v) is 4.97. The fourth-order valence-corrected chi connectivity index (χ4v) is 3.44. The number of H-pyrrole nitrogens is 1. The fraction of sp³-hybridized carbons (Fsp3) is 0.381. The van der Waals surface area contributed by atoms with E-state index in [1.807, 2.05) is 20.0 Å². The van der Waals surface area contributed by atoms with Gasteiger partial charge in [0.05, 0.1) is 38.0 Å². The van der Waals surface area contributed by atoms with E-state index in [0.717, 1.165) is 10.9 Å². The summed E-state index contributed by atoms with van der Waals surface area (Å²) in [7, 11) is 1.56. The molecule has 4 rings (SSSR count). The Labute approximate surface area is 174 Å². The van der Waals surface area contributed by atoms with Crippen LogP contribution in [0.25, 0.3) is 11.0 Å². The van der Waals surface area contributed by atoms with Crippen LogP contribution in [0, 0.1) is 6.92 Å². The molecule has 1 aromatic carbocycles. The van der Waals surface area contributed by atoms with Gasteiger partial charge in [-0.1, -0.05) is 0 Å². The fourth-order valence-electron chi connectivity index (χ4n) is 3.44. The third kappa shape index (κ3) is 3.88. The monoisotopic (exact) mass is 411 g/mol. The molecule has 0 saturated carbocycles. The van der Waals surface area contributed by atoms with Crippen molar-refractivity contribution in [3.8, 4) is 11.6 Å². The normalized spacial score (nSPS) is 14.0. The first-order valence-electron chi connectivity index (χ1n) is 9.91. The molecule has 1 amide bonds. The van der Waals surface area contributed by atoms with Gasteiger partial charge in [-0.2, -0.15) is 9.97 Å². The average molecular weight is 411 g/mol. The van der Waals surface area contributed by atoms with E-state index < -0.39 is 0 Å². The van der Waals surface area contributed by atoms with Crippen molar-refractivity contribution in [3.05, 3.63) is 35.5 Å². The Hall–Kier alpha value is -3.33. The number of amides is 1. The maximum absolute atomic E-state index is 12.8. The summed E-state index contributed by atoms with van der Waals surface area (Å²) < 4.78 is 16.5. The lowest BCUT2D eigenvalue weighted by Gasteiger charge is -2.27. The van der Waals surface area contributed by atoms with E-state index in [9.17, 15) is 4.79 Å². The van der Waals surface area contributed by atoms with E-state index in [0.29, 0.717) is 67.4 Å². The lowest BCUT2D eigenvalue weighted by Crippen LogP contribution is -2.40. The molecule has 1 aliphatic rings. The second-order valence-corrected chi connectivity index (χ2v) is 6.93. The van der Waals surface area contributed by atoms with Gasteiger partial charge >= 0.3 is 0 Å². The first-order valence-corrected chi connectivity index (χ1v) is 9.91. The van der Waals surface area contributed by atoms with Crippen molar-refractivity contribution in [2.75, 3.05) is 45.3 Å². The Balaban J connectivity index is 1.62. The van der Waals surface area contributed by atoms with Crippen molar-refractivity contribution < 1.29 is 19.0 Å². The average Bonchev–Trinajstić information content (AvgIpc) is 3.15. The van der Waals surface area contributed by atoms with Gasteiger partial charge in [0.2, 0.25) is 11.8 Å². The lowest BCUT2D eigenvalue weighted by molar-refractivity contribution is 0.0302. The van der Waals surface area contributed by atoms with Crippen molar-refractivity contribution in [1.29, 1.82) is 0 Å². The van der Waals surface area contributed by atoms with Crippen molar-refractivity contribution in [1.82, 2.24) is 19.9 Å².